The van der Waals surface area contributed by atoms with E-state index < -0.39 is 0 Å². The Morgan fingerprint density at radius 3 is 2.89 bits per heavy atom. The van der Waals surface area contributed by atoms with Crippen molar-refractivity contribution in [3.05, 3.63) is 36.0 Å². The molecule has 0 aliphatic heterocycles. The minimum absolute atomic E-state index is 0.364. The first-order valence-electron chi connectivity index (χ1n) is 6.47. The summed E-state index contributed by atoms with van der Waals surface area (Å²) in [7, 11) is 0. The average molecular weight is 257 g/mol. The third kappa shape index (κ3) is 3.91. The maximum atomic E-state index is 4.39. The number of nitrogens with zero attached hydrogens (tertiary/aromatic N) is 3. The van der Waals surface area contributed by atoms with E-state index in [1.54, 1.807) is 6.20 Å². The zero-order valence-electron chi connectivity index (χ0n) is 11.5. The van der Waals surface area contributed by atoms with Crippen LogP contribution < -0.4 is 10.6 Å². The van der Waals surface area contributed by atoms with Crippen molar-refractivity contribution in [3.8, 4) is 0 Å². The summed E-state index contributed by atoms with van der Waals surface area (Å²) in [6.45, 7) is 6.28. The molecule has 0 amide bonds. The lowest BCUT2D eigenvalue weighted by atomic mass is 10.2. The molecule has 0 saturated heterocycles. The van der Waals surface area contributed by atoms with Crippen LogP contribution in [0.2, 0.25) is 0 Å². The molecule has 0 spiro atoms. The summed E-state index contributed by atoms with van der Waals surface area (Å²) >= 11 is 0. The lowest BCUT2D eigenvalue weighted by molar-refractivity contribution is 0.755. The molecule has 2 aromatic rings. The Morgan fingerprint density at radius 1 is 1.32 bits per heavy atom. The summed E-state index contributed by atoms with van der Waals surface area (Å²) in [5.41, 5.74) is 2.15. The van der Waals surface area contributed by atoms with Crippen molar-refractivity contribution in [2.45, 2.75) is 33.2 Å². The molecule has 19 heavy (non-hydrogen) atoms. The van der Waals surface area contributed by atoms with E-state index >= 15 is 0 Å². The highest BCUT2D eigenvalue weighted by Crippen LogP contribution is 2.15. The molecule has 0 saturated carbocycles. The van der Waals surface area contributed by atoms with Crippen molar-refractivity contribution in [2.75, 3.05) is 10.6 Å². The first-order chi connectivity index (χ1) is 9.17. The van der Waals surface area contributed by atoms with Gasteiger partial charge in [-0.25, -0.2) is 0 Å². The van der Waals surface area contributed by atoms with Crippen molar-refractivity contribution in [1.82, 2.24) is 15.2 Å². The molecular formula is C14H19N5. The molecule has 5 nitrogen and oxygen atoms in total. The molecule has 1 aromatic carbocycles. The van der Waals surface area contributed by atoms with Gasteiger partial charge in [-0.2, -0.15) is 10.1 Å². The minimum Gasteiger partial charge on any atom is -0.366 e. The van der Waals surface area contributed by atoms with Crippen LogP contribution in [0.3, 0.4) is 0 Å². The number of aromatic nitrogens is 3. The van der Waals surface area contributed by atoms with Crippen LogP contribution in [0.15, 0.2) is 30.5 Å². The normalized spacial score (nSPS) is 11.9. The number of rotatable bonds is 5. The van der Waals surface area contributed by atoms with Crippen LogP contribution in [0.4, 0.5) is 17.5 Å². The van der Waals surface area contributed by atoms with Crippen molar-refractivity contribution < 1.29 is 0 Å². The standard InChI is InChI=1S/C14H19N5/c1-4-11(3)16-13-9-15-19-14(18-13)17-12-7-5-6-10(2)8-12/h5-9,11H,4H2,1-3H3,(H2,16,17,18,19). The Bertz CT molecular complexity index is 541. The highest BCUT2D eigenvalue weighted by Gasteiger charge is 2.04. The van der Waals surface area contributed by atoms with Gasteiger partial charge >= 0.3 is 0 Å². The molecule has 0 radical (unpaired) electrons. The molecular weight excluding hydrogens is 238 g/mol. The van der Waals surface area contributed by atoms with E-state index in [1.165, 1.54) is 5.56 Å². The molecule has 1 aromatic heterocycles. The first kappa shape index (κ1) is 13.3. The maximum Gasteiger partial charge on any atom is 0.249 e. The van der Waals surface area contributed by atoms with Gasteiger partial charge in [0.1, 0.15) is 0 Å². The highest BCUT2D eigenvalue weighted by molar-refractivity contribution is 5.55. The lowest BCUT2D eigenvalue weighted by Crippen LogP contribution is -2.15. The van der Waals surface area contributed by atoms with Crippen LogP contribution in [0, 0.1) is 6.92 Å². The van der Waals surface area contributed by atoms with Crippen molar-refractivity contribution >= 4 is 17.5 Å². The molecule has 2 N–H and O–H groups in total. The zero-order chi connectivity index (χ0) is 13.7. The minimum atomic E-state index is 0.364. The smallest absolute Gasteiger partial charge is 0.249 e. The number of hydrogen-bond donors (Lipinski definition) is 2. The van der Waals surface area contributed by atoms with E-state index in [4.69, 9.17) is 0 Å². The molecule has 5 heteroatoms. The second-order valence-corrected chi connectivity index (χ2v) is 4.61. The number of anilines is 3. The molecule has 1 heterocycles. The van der Waals surface area contributed by atoms with Crippen molar-refractivity contribution in [1.29, 1.82) is 0 Å². The summed E-state index contributed by atoms with van der Waals surface area (Å²) in [6.07, 6.45) is 2.66. The molecule has 2 rings (SSSR count). The van der Waals surface area contributed by atoms with Crippen LogP contribution in [0.1, 0.15) is 25.8 Å². The predicted molar refractivity (Wildman–Crippen MR) is 77.7 cm³/mol. The van der Waals surface area contributed by atoms with E-state index in [0.717, 1.165) is 17.9 Å². The zero-order valence-corrected chi connectivity index (χ0v) is 11.5. The Kier molecular flexibility index (Phi) is 4.28. The van der Waals surface area contributed by atoms with E-state index in [2.05, 4.69) is 39.7 Å². The van der Waals surface area contributed by atoms with Gasteiger partial charge in [0.05, 0.1) is 6.20 Å². The van der Waals surface area contributed by atoms with E-state index in [9.17, 15) is 0 Å². The predicted octanol–water partition coefficient (Wildman–Crippen LogP) is 3.13. The molecule has 100 valence electrons. The third-order valence-corrected chi connectivity index (χ3v) is 2.84. The highest BCUT2D eigenvalue weighted by atomic mass is 15.3. The van der Waals surface area contributed by atoms with Gasteiger partial charge in [0.25, 0.3) is 0 Å². The maximum absolute atomic E-state index is 4.39. The lowest BCUT2D eigenvalue weighted by Gasteiger charge is -2.12. The van der Waals surface area contributed by atoms with Gasteiger partial charge < -0.3 is 10.6 Å². The number of hydrogen-bond acceptors (Lipinski definition) is 5. The summed E-state index contributed by atoms with van der Waals surface area (Å²) in [5, 5.41) is 14.4. The number of benzene rings is 1. The van der Waals surface area contributed by atoms with Crippen molar-refractivity contribution in [3.63, 3.8) is 0 Å². The van der Waals surface area contributed by atoms with Crippen LogP contribution in [0.25, 0.3) is 0 Å². The first-order valence-corrected chi connectivity index (χ1v) is 6.47. The monoisotopic (exact) mass is 257 g/mol. The van der Waals surface area contributed by atoms with Gasteiger partial charge in [-0.05, 0) is 38.0 Å². The molecule has 0 aliphatic carbocycles. The van der Waals surface area contributed by atoms with Gasteiger partial charge in [-0.1, -0.05) is 19.1 Å². The van der Waals surface area contributed by atoms with Gasteiger partial charge in [0.2, 0.25) is 5.95 Å². The SMILES string of the molecule is CCC(C)Nc1cnnc(Nc2cccc(C)c2)n1. The Labute approximate surface area is 113 Å². The van der Waals surface area contributed by atoms with Crippen LogP contribution >= 0.6 is 0 Å². The summed E-state index contributed by atoms with van der Waals surface area (Å²) in [5.74, 6) is 1.23. The molecule has 0 aliphatic rings. The van der Waals surface area contributed by atoms with E-state index in [-0.39, 0.29) is 0 Å². The van der Waals surface area contributed by atoms with Crippen LogP contribution in [0.5, 0.6) is 0 Å². The second kappa shape index (κ2) is 6.13. The van der Waals surface area contributed by atoms with E-state index in [1.807, 2.05) is 31.2 Å². The fourth-order valence-corrected chi connectivity index (χ4v) is 1.63. The van der Waals surface area contributed by atoms with Gasteiger partial charge in [0.15, 0.2) is 5.82 Å². The Balaban J connectivity index is 2.10. The average Bonchev–Trinajstić information content (AvgIpc) is 2.39. The summed E-state index contributed by atoms with van der Waals surface area (Å²) in [6, 6.07) is 8.42. The van der Waals surface area contributed by atoms with Crippen LogP contribution in [-0.2, 0) is 0 Å². The van der Waals surface area contributed by atoms with Crippen molar-refractivity contribution in [2.24, 2.45) is 0 Å². The Morgan fingerprint density at radius 2 is 2.16 bits per heavy atom. The fourth-order valence-electron chi connectivity index (χ4n) is 1.63. The fraction of sp³-hybridized carbons (Fsp3) is 0.357. The number of aryl methyl sites for hydroxylation is 1. The van der Waals surface area contributed by atoms with Gasteiger partial charge in [0, 0.05) is 11.7 Å². The number of nitrogens with one attached hydrogen (secondary N) is 2. The Hall–Kier alpha value is -2.17. The topological polar surface area (TPSA) is 62.7 Å². The van der Waals surface area contributed by atoms with Gasteiger partial charge in [-0.15, -0.1) is 5.10 Å². The molecule has 0 fully saturated rings. The summed E-state index contributed by atoms with van der Waals surface area (Å²) in [4.78, 5) is 4.39. The largest absolute Gasteiger partial charge is 0.366 e. The molecule has 1 atom stereocenters. The summed E-state index contributed by atoms with van der Waals surface area (Å²) < 4.78 is 0. The quantitative estimate of drug-likeness (QED) is 0.861. The van der Waals surface area contributed by atoms with Crippen LogP contribution in [-0.4, -0.2) is 21.2 Å². The van der Waals surface area contributed by atoms with E-state index in [0.29, 0.717) is 12.0 Å². The van der Waals surface area contributed by atoms with Gasteiger partial charge in [-0.3, -0.25) is 0 Å². The molecule has 0 bridgehead atoms. The molecule has 1 unspecified atom stereocenters. The second-order valence-electron chi connectivity index (χ2n) is 4.61. The third-order valence-electron chi connectivity index (χ3n) is 2.84.